The van der Waals surface area contributed by atoms with Crippen LogP contribution in [0.4, 0.5) is 24.7 Å². The molecule has 2 heterocycles. The van der Waals surface area contributed by atoms with E-state index in [1.807, 2.05) is 6.07 Å². The third kappa shape index (κ3) is 4.74. The van der Waals surface area contributed by atoms with Crippen molar-refractivity contribution < 1.29 is 23.1 Å². The second kappa shape index (κ2) is 6.37. The molecule has 1 aliphatic rings. The van der Waals surface area contributed by atoms with Gasteiger partial charge >= 0.3 is 6.11 Å². The number of aliphatic hydroxyl groups is 1. The Morgan fingerprint density at radius 3 is 2.58 bits per heavy atom. The summed E-state index contributed by atoms with van der Waals surface area (Å²) in [5.74, 6) is 0.567. The smallest absolute Gasteiger partial charge is 0.381 e. The van der Waals surface area contributed by atoms with Crippen LogP contribution in [0.1, 0.15) is 12.8 Å². The van der Waals surface area contributed by atoms with E-state index in [9.17, 15) is 18.0 Å². The van der Waals surface area contributed by atoms with Crippen LogP contribution in [-0.4, -0.2) is 35.3 Å². The first kappa shape index (κ1) is 15.2. The molecule has 0 saturated carbocycles. The lowest BCUT2D eigenvalue weighted by molar-refractivity contribution is -0.208. The largest absolute Gasteiger partial charge is 0.382 e. The number of alkyl halides is 3. The molecule has 106 valence electrons. The third-order valence-electron chi connectivity index (χ3n) is 2.34. The van der Waals surface area contributed by atoms with Crippen LogP contribution in [0.5, 0.6) is 0 Å². The normalized spacial score (nSPS) is 15.2. The molecule has 0 unspecified atom stereocenters. The molecule has 3 N–H and O–H groups in total. The standard InChI is InChI=1S/C9H11N3O.C2H3F3O/c10-9-7(3-1-5-11-9)12-6-2-4-8(12)13;3-1-2(4,5)6/h1,3,5H,2,4,6H2,(H2,10,11);6H,1H2. The Bertz CT molecular complexity index is 437. The van der Waals surface area contributed by atoms with Crippen LogP contribution < -0.4 is 10.6 Å². The fraction of sp³-hybridized carbons (Fsp3) is 0.455. The third-order valence-corrected chi connectivity index (χ3v) is 2.34. The van der Waals surface area contributed by atoms with E-state index >= 15 is 0 Å². The van der Waals surface area contributed by atoms with Crippen LogP contribution >= 0.6 is 0 Å². The van der Waals surface area contributed by atoms with Gasteiger partial charge in [-0.1, -0.05) is 0 Å². The van der Waals surface area contributed by atoms with Gasteiger partial charge in [-0.25, -0.2) is 9.37 Å². The van der Waals surface area contributed by atoms with Crippen molar-refractivity contribution in [3.05, 3.63) is 18.3 Å². The second-order valence-corrected chi connectivity index (χ2v) is 3.86. The average molecular weight is 277 g/mol. The maximum atomic E-state index is 11.4. The fourth-order valence-corrected chi connectivity index (χ4v) is 1.54. The zero-order valence-electron chi connectivity index (χ0n) is 10.0. The van der Waals surface area contributed by atoms with E-state index < -0.39 is 12.8 Å². The van der Waals surface area contributed by atoms with E-state index in [0.29, 0.717) is 12.2 Å². The Morgan fingerprint density at radius 2 is 2.16 bits per heavy atom. The lowest BCUT2D eigenvalue weighted by Gasteiger charge is -2.16. The zero-order chi connectivity index (χ0) is 14.5. The van der Waals surface area contributed by atoms with Gasteiger partial charge in [-0.05, 0) is 18.6 Å². The van der Waals surface area contributed by atoms with Gasteiger partial charge in [0.1, 0.15) is 5.82 Å². The van der Waals surface area contributed by atoms with Gasteiger partial charge in [0.15, 0.2) is 6.67 Å². The number of anilines is 2. The predicted molar refractivity (Wildman–Crippen MR) is 63.4 cm³/mol. The summed E-state index contributed by atoms with van der Waals surface area (Å²) in [5.41, 5.74) is 6.40. The monoisotopic (exact) mass is 277 g/mol. The van der Waals surface area contributed by atoms with E-state index in [4.69, 9.17) is 10.8 Å². The summed E-state index contributed by atoms with van der Waals surface area (Å²) in [6, 6.07) is 3.61. The number of hydrogen-bond donors (Lipinski definition) is 2. The summed E-state index contributed by atoms with van der Waals surface area (Å²) >= 11 is 0. The molecule has 1 saturated heterocycles. The van der Waals surface area contributed by atoms with Crippen LogP contribution in [0.2, 0.25) is 0 Å². The SMILES string of the molecule is Nc1ncccc1N1CCCC1=O.OC(F)(F)CF. The molecule has 1 aromatic heterocycles. The summed E-state index contributed by atoms with van der Waals surface area (Å²) in [4.78, 5) is 17.0. The molecule has 0 bridgehead atoms. The van der Waals surface area contributed by atoms with Crippen molar-refractivity contribution >= 4 is 17.4 Å². The van der Waals surface area contributed by atoms with Crippen LogP contribution in [0, 0.1) is 0 Å². The van der Waals surface area contributed by atoms with Crippen molar-refractivity contribution in [3.63, 3.8) is 0 Å². The molecular weight excluding hydrogens is 263 g/mol. The highest BCUT2D eigenvalue weighted by molar-refractivity contribution is 5.97. The van der Waals surface area contributed by atoms with Gasteiger partial charge in [0.25, 0.3) is 0 Å². The number of carbonyl (C=O) groups is 1. The van der Waals surface area contributed by atoms with Gasteiger partial charge in [0, 0.05) is 19.2 Å². The number of aromatic nitrogens is 1. The quantitative estimate of drug-likeness (QED) is 0.854. The van der Waals surface area contributed by atoms with Gasteiger partial charge in [-0.2, -0.15) is 8.78 Å². The van der Waals surface area contributed by atoms with Crippen LogP contribution in [0.15, 0.2) is 18.3 Å². The van der Waals surface area contributed by atoms with Crippen LogP contribution in [0.3, 0.4) is 0 Å². The first-order chi connectivity index (χ1) is 8.85. The highest BCUT2D eigenvalue weighted by Crippen LogP contribution is 2.24. The van der Waals surface area contributed by atoms with Gasteiger partial charge in [-0.3, -0.25) is 4.79 Å². The van der Waals surface area contributed by atoms with Crippen molar-refractivity contribution in [1.82, 2.24) is 4.98 Å². The lowest BCUT2D eigenvalue weighted by atomic mass is 10.3. The van der Waals surface area contributed by atoms with E-state index in [0.717, 1.165) is 18.7 Å². The lowest BCUT2D eigenvalue weighted by Crippen LogP contribution is -2.24. The second-order valence-electron chi connectivity index (χ2n) is 3.86. The molecule has 0 aromatic carbocycles. The zero-order valence-corrected chi connectivity index (χ0v) is 10.0. The predicted octanol–water partition coefficient (Wildman–Crippen LogP) is 1.33. The van der Waals surface area contributed by atoms with Gasteiger partial charge < -0.3 is 15.7 Å². The van der Waals surface area contributed by atoms with Gasteiger partial charge in [-0.15, -0.1) is 0 Å². The molecule has 5 nitrogen and oxygen atoms in total. The van der Waals surface area contributed by atoms with Crippen LogP contribution in [-0.2, 0) is 4.79 Å². The summed E-state index contributed by atoms with van der Waals surface area (Å²) in [6.45, 7) is -1.25. The molecule has 1 aliphatic heterocycles. The van der Waals surface area contributed by atoms with Crippen molar-refractivity contribution in [1.29, 1.82) is 0 Å². The van der Waals surface area contributed by atoms with E-state index in [1.165, 1.54) is 0 Å². The van der Waals surface area contributed by atoms with Crippen LogP contribution in [0.25, 0.3) is 0 Å². The Labute approximate surface area is 107 Å². The van der Waals surface area contributed by atoms with Gasteiger partial charge in [0.05, 0.1) is 5.69 Å². The topological polar surface area (TPSA) is 79.5 Å². The number of halogens is 3. The minimum atomic E-state index is -4.12. The Hall–Kier alpha value is -1.83. The number of hydrogen-bond acceptors (Lipinski definition) is 4. The molecule has 0 spiro atoms. The fourth-order valence-electron chi connectivity index (χ4n) is 1.54. The number of pyridine rings is 1. The minimum Gasteiger partial charge on any atom is -0.382 e. The molecule has 19 heavy (non-hydrogen) atoms. The summed E-state index contributed by atoms with van der Waals surface area (Å²) in [5, 5.41) is 7.12. The highest BCUT2D eigenvalue weighted by atomic mass is 19.3. The first-order valence-corrected chi connectivity index (χ1v) is 5.52. The number of nitrogens with zero attached hydrogens (tertiary/aromatic N) is 2. The van der Waals surface area contributed by atoms with Gasteiger partial charge in [0.2, 0.25) is 5.91 Å². The van der Waals surface area contributed by atoms with Crippen molar-refractivity contribution in [3.8, 4) is 0 Å². The number of nitrogen functional groups attached to an aromatic ring is 1. The first-order valence-electron chi connectivity index (χ1n) is 5.52. The number of amides is 1. The van der Waals surface area contributed by atoms with Crippen molar-refractivity contribution in [2.24, 2.45) is 0 Å². The Kier molecular flexibility index (Phi) is 5.11. The Morgan fingerprint density at radius 1 is 1.53 bits per heavy atom. The molecular formula is C11H14F3N3O2. The molecule has 0 aliphatic carbocycles. The molecule has 0 atom stereocenters. The number of nitrogens with two attached hydrogens (primary N) is 1. The average Bonchev–Trinajstić information content (AvgIpc) is 2.76. The molecule has 2 rings (SSSR count). The maximum absolute atomic E-state index is 11.4. The molecule has 1 fully saturated rings. The maximum Gasteiger partial charge on any atom is 0.381 e. The van der Waals surface area contributed by atoms with E-state index in [1.54, 1.807) is 17.2 Å². The number of carbonyl (C=O) groups excluding carboxylic acids is 1. The summed E-state index contributed by atoms with van der Waals surface area (Å²) in [7, 11) is 0. The summed E-state index contributed by atoms with van der Waals surface area (Å²) < 4.78 is 31.8. The van der Waals surface area contributed by atoms with E-state index in [2.05, 4.69) is 4.98 Å². The van der Waals surface area contributed by atoms with Crippen molar-refractivity contribution in [2.75, 3.05) is 23.9 Å². The summed E-state index contributed by atoms with van der Waals surface area (Å²) in [6.07, 6.45) is -0.971. The highest BCUT2D eigenvalue weighted by Gasteiger charge is 2.23. The van der Waals surface area contributed by atoms with Crippen molar-refractivity contribution in [2.45, 2.75) is 19.0 Å². The molecule has 1 amide bonds. The Balaban J connectivity index is 0.000000258. The van der Waals surface area contributed by atoms with E-state index in [-0.39, 0.29) is 5.91 Å². The minimum absolute atomic E-state index is 0.139. The molecule has 1 aromatic rings. The molecule has 8 heteroatoms. The molecule has 0 radical (unpaired) electrons. The number of rotatable bonds is 2.